The van der Waals surface area contributed by atoms with Crippen LogP contribution < -0.4 is 5.32 Å². The molecule has 7 nitrogen and oxygen atoms in total. The van der Waals surface area contributed by atoms with Gasteiger partial charge in [-0.3, -0.25) is 4.79 Å². The number of rotatable bonds is 5. The molecule has 9 heteroatoms. The molecule has 2 aromatic carbocycles. The third kappa shape index (κ3) is 4.67. The number of amidine groups is 1. The van der Waals surface area contributed by atoms with Gasteiger partial charge in [-0.15, -0.1) is 15.7 Å². The van der Waals surface area contributed by atoms with E-state index in [4.69, 9.17) is 0 Å². The highest BCUT2D eigenvalue weighted by atomic mass is 32.2. The molecule has 0 aliphatic carbocycles. The summed E-state index contributed by atoms with van der Waals surface area (Å²) in [5.74, 6) is 0.299. The molecule has 1 aliphatic heterocycles. The van der Waals surface area contributed by atoms with Gasteiger partial charge in [0.25, 0.3) is 15.9 Å². The van der Waals surface area contributed by atoms with Crippen LogP contribution in [0.4, 0.5) is 5.69 Å². The van der Waals surface area contributed by atoms with Crippen molar-refractivity contribution in [3.8, 4) is 10.6 Å². The Morgan fingerprint density at radius 1 is 1.13 bits per heavy atom. The van der Waals surface area contributed by atoms with Gasteiger partial charge in [0, 0.05) is 31.3 Å². The summed E-state index contributed by atoms with van der Waals surface area (Å²) in [5.41, 5.74) is 2.11. The average molecular weight is 455 g/mol. The molecule has 0 radical (unpaired) electrons. The van der Waals surface area contributed by atoms with Crippen LogP contribution in [0.3, 0.4) is 0 Å². The van der Waals surface area contributed by atoms with Gasteiger partial charge in [0.05, 0.1) is 10.6 Å². The van der Waals surface area contributed by atoms with Crippen molar-refractivity contribution in [3.05, 3.63) is 65.2 Å². The Morgan fingerprint density at radius 3 is 2.48 bits per heavy atom. The minimum absolute atomic E-state index is 0.0960. The summed E-state index contributed by atoms with van der Waals surface area (Å²) in [6.07, 6.45) is 1.56. The van der Waals surface area contributed by atoms with Crippen molar-refractivity contribution >= 4 is 38.8 Å². The number of carbonyl (C=O) groups excluding carboxylic acids is 1. The van der Waals surface area contributed by atoms with E-state index < -0.39 is 10.0 Å². The highest BCUT2D eigenvalue weighted by Gasteiger charge is 2.21. The molecule has 1 amide bonds. The second-order valence-electron chi connectivity index (χ2n) is 7.29. The zero-order valence-corrected chi connectivity index (χ0v) is 18.8. The van der Waals surface area contributed by atoms with Crippen LogP contribution in [0.5, 0.6) is 0 Å². The smallest absolute Gasteiger partial charge is 0.283 e. The molecule has 1 aromatic heterocycles. The van der Waals surface area contributed by atoms with Crippen LogP contribution in [0.25, 0.3) is 10.6 Å². The van der Waals surface area contributed by atoms with Gasteiger partial charge < -0.3 is 10.2 Å². The number of aryl methyl sites for hydroxylation is 1. The van der Waals surface area contributed by atoms with Crippen LogP contribution in [-0.4, -0.2) is 43.6 Å². The maximum absolute atomic E-state index is 12.7. The Kier molecular flexibility index (Phi) is 5.88. The molecule has 0 atom stereocenters. The first-order chi connectivity index (χ1) is 14.8. The van der Waals surface area contributed by atoms with E-state index in [0.717, 1.165) is 23.5 Å². The number of sulfonamides is 1. The van der Waals surface area contributed by atoms with E-state index in [1.165, 1.54) is 23.5 Å². The third-order valence-corrected chi connectivity index (χ3v) is 7.52. The molecule has 0 bridgehead atoms. The number of hydrogen-bond acceptors (Lipinski definition) is 5. The molecule has 1 aliphatic rings. The van der Waals surface area contributed by atoms with Gasteiger partial charge in [0.15, 0.2) is 0 Å². The molecule has 2 heterocycles. The lowest BCUT2D eigenvalue weighted by Gasteiger charge is -2.11. The van der Waals surface area contributed by atoms with Gasteiger partial charge in [-0.2, -0.15) is 8.42 Å². The Hall–Kier alpha value is -3.04. The number of likely N-dealkylation sites (tertiary alicyclic amines) is 1. The van der Waals surface area contributed by atoms with Crippen molar-refractivity contribution in [2.24, 2.45) is 4.40 Å². The summed E-state index contributed by atoms with van der Waals surface area (Å²) in [7, 11) is -1.94. The van der Waals surface area contributed by atoms with E-state index in [1.54, 1.807) is 19.1 Å². The summed E-state index contributed by atoms with van der Waals surface area (Å²) in [6.45, 7) is 2.61. The number of anilines is 1. The quantitative estimate of drug-likeness (QED) is 0.624. The van der Waals surface area contributed by atoms with Crippen molar-refractivity contribution in [2.45, 2.75) is 24.7 Å². The third-order valence-electron chi connectivity index (χ3n) is 4.99. The summed E-state index contributed by atoms with van der Waals surface area (Å²) >= 11 is 1.32. The van der Waals surface area contributed by atoms with Crippen molar-refractivity contribution < 1.29 is 13.2 Å². The van der Waals surface area contributed by atoms with Crippen LogP contribution in [0, 0.1) is 6.92 Å². The highest BCUT2D eigenvalue weighted by Crippen LogP contribution is 2.28. The average Bonchev–Trinajstić information content (AvgIpc) is 3.34. The predicted octanol–water partition coefficient (Wildman–Crippen LogP) is 4.18. The van der Waals surface area contributed by atoms with Gasteiger partial charge in [-0.05, 0) is 37.6 Å². The lowest BCUT2D eigenvalue weighted by Crippen LogP contribution is -2.20. The summed E-state index contributed by atoms with van der Waals surface area (Å²) in [6, 6.07) is 15.7. The molecule has 4 rings (SSSR count). The van der Waals surface area contributed by atoms with Gasteiger partial charge >= 0.3 is 0 Å². The summed E-state index contributed by atoms with van der Waals surface area (Å²) < 4.78 is 29.1. The number of benzene rings is 2. The number of thiazole rings is 1. The van der Waals surface area contributed by atoms with E-state index in [0.29, 0.717) is 28.5 Å². The molecular formula is C22H22N4O3S2. The molecule has 31 heavy (non-hydrogen) atoms. The molecule has 0 saturated carbocycles. The molecule has 1 N–H and O–H groups in total. The fraction of sp³-hybridized carbons (Fsp3) is 0.227. The number of carbonyl (C=O) groups is 1. The molecule has 0 unspecified atom stereocenters. The van der Waals surface area contributed by atoms with Crippen molar-refractivity contribution in [1.29, 1.82) is 0 Å². The summed E-state index contributed by atoms with van der Waals surface area (Å²) in [5, 5.41) is 3.59. The van der Waals surface area contributed by atoms with Crippen molar-refractivity contribution in [2.75, 3.05) is 18.9 Å². The van der Waals surface area contributed by atoms with Crippen LogP contribution in [0.15, 0.2) is 63.9 Å². The fourth-order valence-electron chi connectivity index (χ4n) is 3.31. The molecule has 160 valence electrons. The van der Waals surface area contributed by atoms with Gasteiger partial charge in [0.1, 0.15) is 15.7 Å². The van der Waals surface area contributed by atoms with Gasteiger partial charge in [0.2, 0.25) is 0 Å². The van der Waals surface area contributed by atoms with E-state index >= 15 is 0 Å². The van der Waals surface area contributed by atoms with Crippen LogP contribution >= 0.6 is 11.3 Å². The maximum Gasteiger partial charge on any atom is 0.283 e. The van der Waals surface area contributed by atoms with Crippen LogP contribution in [0.1, 0.15) is 28.2 Å². The Bertz CT molecular complexity index is 1230. The standard InChI is InChI=1S/C22H22N4O3S2/c1-15-20(30-22(23-15)16-7-4-3-5-8-16)21(27)24-17-10-12-18(13-11-17)31(28,29)25-19-9-6-14-26(19)2/h3-5,7-8,10-13H,6,9,14H2,1-2H3,(H,24,27). The highest BCUT2D eigenvalue weighted by molar-refractivity contribution is 7.90. The SMILES string of the molecule is Cc1nc(-c2ccccc2)sc1C(=O)Nc1ccc(S(=O)(=O)N=C2CCCN2C)cc1. The van der Waals surface area contributed by atoms with Gasteiger partial charge in [-0.1, -0.05) is 30.3 Å². The first-order valence-electron chi connectivity index (χ1n) is 9.83. The molecule has 1 fully saturated rings. The second-order valence-corrected chi connectivity index (χ2v) is 9.89. The number of hydrogen-bond donors (Lipinski definition) is 1. The van der Waals surface area contributed by atoms with E-state index in [2.05, 4.69) is 14.7 Å². The first-order valence-corrected chi connectivity index (χ1v) is 12.1. The minimum Gasteiger partial charge on any atom is -0.362 e. The number of aromatic nitrogens is 1. The second kappa shape index (κ2) is 8.60. The lowest BCUT2D eigenvalue weighted by molar-refractivity contribution is 0.103. The molecule has 3 aromatic rings. The topological polar surface area (TPSA) is 91.7 Å². The molecular weight excluding hydrogens is 432 g/mol. The van der Waals surface area contributed by atoms with Crippen LogP contribution in [0.2, 0.25) is 0 Å². The van der Waals surface area contributed by atoms with Crippen molar-refractivity contribution in [1.82, 2.24) is 9.88 Å². The number of nitrogens with one attached hydrogen (secondary N) is 1. The Morgan fingerprint density at radius 2 is 1.84 bits per heavy atom. The first kappa shape index (κ1) is 21.2. The largest absolute Gasteiger partial charge is 0.362 e. The van der Waals surface area contributed by atoms with Gasteiger partial charge in [-0.25, -0.2) is 4.98 Å². The Labute approximate surface area is 185 Å². The number of amides is 1. The van der Waals surface area contributed by atoms with E-state index in [-0.39, 0.29) is 10.8 Å². The van der Waals surface area contributed by atoms with Crippen molar-refractivity contribution in [3.63, 3.8) is 0 Å². The molecule has 0 spiro atoms. The zero-order chi connectivity index (χ0) is 22.0. The monoisotopic (exact) mass is 454 g/mol. The molecule has 1 saturated heterocycles. The minimum atomic E-state index is -3.78. The summed E-state index contributed by atoms with van der Waals surface area (Å²) in [4.78, 5) is 19.7. The normalized spacial score (nSPS) is 15.4. The predicted molar refractivity (Wildman–Crippen MR) is 123 cm³/mol. The van der Waals surface area contributed by atoms with E-state index in [9.17, 15) is 13.2 Å². The zero-order valence-electron chi connectivity index (χ0n) is 17.2. The van der Waals surface area contributed by atoms with Crippen LogP contribution in [-0.2, 0) is 10.0 Å². The maximum atomic E-state index is 12.7. The lowest BCUT2D eigenvalue weighted by atomic mass is 10.2. The van der Waals surface area contributed by atoms with E-state index in [1.807, 2.05) is 42.3 Å². The number of nitrogens with zero attached hydrogens (tertiary/aromatic N) is 3. The fourth-order valence-corrected chi connectivity index (χ4v) is 5.37. The Balaban J connectivity index is 1.49.